The Labute approximate surface area is 206 Å². The average molecular weight is 479 g/mol. The van der Waals surface area contributed by atoms with Gasteiger partial charge in [-0.1, -0.05) is 68.0 Å². The fourth-order valence-electron chi connectivity index (χ4n) is 5.01. The number of rotatable bonds is 8. The summed E-state index contributed by atoms with van der Waals surface area (Å²) >= 11 is 0. The zero-order chi connectivity index (χ0) is 24.8. The van der Waals surface area contributed by atoms with E-state index in [0.717, 1.165) is 44.1 Å². The number of aryl methyl sites for hydroxylation is 1. The van der Waals surface area contributed by atoms with Crippen molar-refractivity contribution in [1.29, 1.82) is 0 Å². The van der Waals surface area contributed by atoms with E-state index in [1.54, 1.807) is 18.2 Å². The Balaban J connectivity index is 1.39. The summed E-state index contributed by atoms with van der Waals surface area (Å²) in [7, 11) is 0. The van der Waals surface area contributed by atoms with E-state index in [4.69, 9.17) is 4.74 Å². The second-order valence-corrected chi connectivity index (χ2v) is 9.36. The van der Waals surface area contributed by atoms with Gasteiger partial charge < -0.3 is 4.74 Å². The van der Waals surface area contributed by atoms with Crippen molar-refractivity contribution in [2.75, 3.05) is 6.61 Å². The number of allylic oxidation sites excluding steroid dienone is 1. The van der Waals surface area contributed by atoms with Gasteiger partial charge in [0.05, 0.1) is 6.61 Å². The Morgan fingerprint density at radius 3 is 2.26 bits per heavy atom. The number of hydrogen-bond donors (Lipinski definition) is 0. The molecule has 1 fully saturated rings. The van der Waals surface area contributed by atoms with Crippen LogP contribution in [-0.2, 0) is 6.42 Å². The van der Waals surface area contributed by atoms with E-state index in [9.17, 15) is 13.2 Å². The molecule has 1 nitrogen and oxygen atoms in total. The van der Waals surface area contributed by atoms with Gasteiger partial charge in [-0.25, -0.2) is 13.2 Å². The SMILES string of the molecule is CCCc1ccc(-c2ccc(C=CC3CCC(c4ccc(OCC)cc4F)CC3)c(F)c2F)cc1. The molecule has 0 atom stereocenters. The molecule has 0 N–H and O–H groups in total. The van der Waals surface area contributed by atoms with Gasteiger partial charge in [0.25, 0.3) is 0 Å². The van der Waals surface area contributed by atoms with Gasteiger partial charge in [-0.15, -0.1) is 0 Å². The molecule has 0 saturated heterocycles. The highest BCUT2D eigenvalue weighted by Crippen LogP contribution is 2.38. The minimum atomic E-state index is -0.818. The Morgan fingerprint density at radius 2 is 1.60 bits per heavy atom. The maximum atomic E-state index is 14.9. The zero-order valence-corrected chi connectivity index (χ0v) is 20.5. The van der Waals surface area contributed by atoms with Crippen LogP contribution in [-0.4, -0.2) is 6.61 Å². The summed E-state index contributed by atoms with van der Waals surface area (Å²) in [5.74, 6) is -0.851. The third-order valence-corrected chi connectivity index (χ3v) is 6.96. The smallest absolute Gasteiger partial charge is 0.167 e. The van der Waals surface area contributed by atoms with Gasteiger partial charge in [0.2, 0.25) is 0 Å². The molecule has 0 heterocycles. The van der Waals surface area contributed by atoms with Gasteiger partial charge in [0.15, 0.2) is 11.6 Å². The Kier molecular flexibility index (Phi) is 8.33. The van der Waals surface area contributed by atoms with Crippen LogP contribution in [0.3, 0.4) is 0 Å². The Morgan fingerprint density at radius 1 is 0.857 bits per heavy atom. The minimum Gasteiger partial charge on any atom is -0.494 e. The molecule has 3 aromatic carbocycles. The molecule has 184 valence electrons. The van der Waals surface area contributed by atoms with Crippen LogP contribution in [0.2, 0.25) is 0 Å². The molecule has 0 aromatic heterocycles. The fraction of sp³-hybridized carbons (Fsp3) is 0.355. The largest absolute Gasteiger partial charge is 0.494 e. The van der Waals surface area contributed by atoms with E-state index >= 15 is 0 Å². The van der Waals surface area contributed by atoms with Gasteiger partial charge in [-0.3, -0.25) is 0 Å². The van der Waals surface area contributed by atoms with Crippen molar-refractivity contribution in [3.63, 3.8) is 0 Å². The summed E-state index contributed by atoms with van der Waals surface area (Å²) in [6.45, 7) is 4.50. The van der Waals surface area contributed by atoms with Gasteiger partial charge in [-0.2, -0.15) is 0 Å². The monoisotopic (exact) mass is 478 g/mol. The molecule has 0 radical (unpaired) electrons. The molecule has 0 aliphatic heterocycles. The van der Waals surface area contributed by atoms with Gasteiger partial charge in [0.1, 0.15) is 11.6 Å². The van der Waals surface area contributed by atoms with E-state index in [0.29, 0.717) is 17.9 Å². The van der Waals surface area contributed by atoms with Gasteiger partial charge >= 0.3 is 0 Å². The van der Waals surface area contributed by atoms with E-state index in [1.165, 1.54) is 11.6 Å². The lowest BCUT2D eigenvalue weighted by Crippen LogP contribution is -2.13. The van der Waals surface area contributed by atoms with E-state index in [2.05, 4.69) is 6.92 Å². The molecule has 1 saturated carbocycles. The highest BCUT2D eigenvalue weighted by atomic mass is 19.2. The second kappa shape index (κ2) is 11.6. The number of benzene rings is 3. The molecule has 35 heavy (non-hydrogen) atoms. The van der Waals surface area contributed by atoms with Crippen molar-refractivity contribution in [1.82, 2.24) is 0 Å². The van der Waals surface area contributed by atoms with Crippen molar-refractivity contribution in [2.24, 2.45) is 5.92 Å². The maximum Gasteiger partial charge on any atom is 0.167 e. The lowest BCUT2D eigenvalue weighted by atomic mass is 9.78. The first-order valence-corrected chi connectivity index (χ1v) is 12.7. The first-order chi connectivity index (χ1) is 17.0. The normalized spacial score (nSPS) is 18.2. The number of halogens is 3. The summed E-state index contributed by atoms with van der Waals surface area (Å²) in [4.78, 5) is 0. The predicted molar refractivity (Wildman–Crippen MR) is 137 cm³/mol. The van der Waals surface area contributed by atoms with Crippen molar-refractivity contribution < 1.29 is 17.9 Å². The lowest BCUT2D eigenvalue weighted by Gasteiger charge is -2.27. The summed E-state index contributed by atoms with van der Waals surface area (Å²) < 4.78 is 49.6. The summed E-state index contributed by atoms with van der Waals surface area (Å²) in [6.07, 6.45) is 9.19. The highest BCUT2D eigenvalue weighted by Gasteiger charge is 2.23. The van der Waals surface area contributed by atoms with Gasteiger partial charge in [-0.05, 0) is 73.6 Å². The van der Waals surface area contributed by atoms with E-state index in [-0.39, 0.29) is 28.8 Å². The highest BCUT2D eigenvalue weighted by molar-refractivity contribution is 5.67. The standard InChI is InChI=1S/C31H33F3O/c1-3-5-21-6-13-24(14-7-21)28-18-16-25(30(33)31(28)34)15-10-22-8-11-23(12-9-22)27-19-17-26(35-4-2)20-29(27)32/h6-7,10,13-20,22-23H,3-5,8-9,11-12H2,1-2H3. The number of hydrogen-bond acceptors (Lipinski definition) is 1. The van der Waals surface area contributed by atoms with Crippen molar-refractivity contribution in [3.05, 3.63) is 94.8 Å². The van der Waals surface area contributed by atoms with Crippen molar-refractivity contribution >= 4 is 6.08 Å². The maximum absolute atomic E-state index is 14.9. The molecule has 1 aliphatic carbocycles. The van der Waals surface area contributed by atoms with Crippen LogP contribution in [0, 0.1) is 23.4 Å². The first-order valence-electron chi connectivity index (χ1n) is 12.7. The number of ether oxygens (including phenoxy) is 1. The molecule has 0 unspecified atom stereocenters. The molecule has 0 spiro atoms. The molecular weight excluding hydrogens is 445 g/mol. The van der Waals surface area contributed by atoms with Crippen LogP contribution in [0.4, 0.5) is 13.2 Å². The van der Waals surface area contributed by atoms with Crippen LogP contribution >= 0.6 is 0 Å². The second-order valence-electron chi connectivity index (χ2n) is 9.36. The van der Waals surface area contributed by atoms with Crippen LogP contribution in [0.1, 0.15) is 68.6 Å². The quantitative estimate of drug-likeness (QED) is 0.314. The lowest BCUT2D eigenvalue weighted by molar-refractivity contribution is 0.336. The van der Waals surface area contributed by atoms with Crippen LogP contribution < -0.4 is 4.74 Å². The summed E-state index contributed by atoms with van der Waals surface area (Å²) in [5.41, 5.74) is 3.14. The molecule has 0 bridgehead atoms. The third-order valence-electron chi connectivity index (χ3n) is 6.96. The topological polar surface area (TPSA) is 9.23 Å². The summed E-state index contributed by atoms with van der Waals surface area (Å²) in [6, 6.07) is 16.1. The zero-order valence-electron chi connectivity index (χ0n) is 20.5. The van der Waals surface area contributed by atoms with E-state index < -0.39 is 11.6 Å². The van der Waals surface area contributed by atoms with Gasteiger partial charge in [0, 0.05) is 17.2 Å². The van der Waals surface area contributed by atoms with Crippen LogP contribution in [0.25, 0.3) is 17.2 Å². The van der Waals surface area contributed by atoms with Crippen molar-refractivity contribution in [2.45, 2.75) is 58.3 Å². The first kappa shape index (κ1) is 25.1. The Bertz CT molecular complexity index is 1160. The fourth-order valence-corrected chi connectivity index (χ4v) is 5.01. The van der Waals surface area contributed by atoms with Crippen LogP contribution in [0.5, 0.6) is 5.75 Å². The molecule has 1 aliphatic rings. The third kappa shape index (κ3) is 5.98. The average Bonchev–Trinajstić information content (AvgIpc) is 2.87. The molecular formula is C31H33F3O. The Hall–Kier alpha value is -3.01. The molecule has 3 aromatic rings. The van der Waals surface area contributed by atoms with Crippen LogP contribution in [0.15, 0.2) is 60.7 Å². The summed E-state index contributed by atoms with van der Waals surface area (Å²) in [5, 5.41) is 0. The molecule has 4 heteroatoms. The molecule has 0 amide bonds. The molecule has 4 rings (SSSR count). The van der Waals surface area contributed by atoms with Crippen molar-refractivity contribution in [3.8, 4) is 16.9 Å². The predicted octanol–water partition coefficient (Wildman–Crippen LogP) is 9.11. The van der Waals surface area contributed by atoms with E-state index in [1.807, 2.05) is 49.4 Å². The minimum absolute atomic E-state index is 0.174.